The zero-order valence-electron chi connectivity index (χ0n) is 10.4. The van der Waals surface area contributed by atoms with E-state index in [1.54, 1.807) is 37.5 Å². The molecule has 0 saturated carbocycles. The summed E-state index contributed by atoms with van der Waals surface area (Å²) in [5.74, 6) is 0. The summed E-state index contributed by atoms with van der Waals surface area (Å²) in [4.78, 5) is 4.13. The van der Waals surface area contributed by atoms with Gasteiger partial charge in [-0.3, -0.25) is 4.98 Å². The fourth-order valence-electron chi connectivity index (χ4n) is 1.78. The number of rotatable bonds is 4. The van der Waals surface area contributed by atoms with E-state index >= 15 is 0 Å². The monoisotopic (exact) mass is 275 g/mol. The number of nitrogens with one attached hydrogen (secondary N) is 1. The maximum absolute atomic E-state index is 12.3. The molecule has 2 rings (SSSR count). The molecule has 1 heterocycles. The summed E-state index contributed by atoms with van der Waals surface area (Å²) in [6.45, 7) is 1.75. The Balaban J connectivity index is 2.53. The molecule has 6 heteroatoms. The third kappa shape index (κ3) is 2.72. The fraction of sp³-hybridized carbons (Fsp3) is 0.231. The summed E-state index contributed by atoms with van der Waals surface area (Å²) >= 11 is 0. The minimum atomic E-state index is -3.71. The highest BCUT2D eigenvalue weighted by Crippen LogP contribution is 2.22. The second-order valence-electron chi connectivity index (χ2n) is 4.06. The first-order chi connectivity index (χ1) is 9.08. The zero-order valence-corrected chi connectivity index (χ0v) is 11.2. The number of sulfonamides is 1. The van der Waals surface area contributed by atoms with E-state index in [1.807, 2.05) is 6.07 Å². The summed E-state index contributed by atoms with van der Waals surface area (Å²) in [7, 11) is -3.71. The smallest absolute Gasteiger partial charge is 0.242 e. The molecule has 98 valence electrons. The number of nitriles is 1. The third-order valence-electron chi connectivity index (χ3n) is 2.79. The number of fused-ring (bicyclic) bond motifs is 1. The molecule has 0 fully saturated rings. The van der Waals surface area contributed by atoms with Crippen molar-refractivity contribution in [2.75, 3.05) is 0 Å². The van der Waals surface area contributed by atoms with Crippen LogP contribution in [0.4, 0.5) is 0 Å². The number of hydrogen-bond acceptors (Lipinski definition) is 4. The molecule has 0 amide bonds. The molecule has 1 atom stereocenters. The molecule has 0 radical (unpaired) electrons. The van der Waals surface area contributed by atoms with E-state index < -0.39 is 16.1 Å². The van der Waals surface area contributed by atoms with Gasteiger partial charge in [-0.15, -0.1) is 0 Å². The van der Waals surface area contributed by atoms with Crippen molar-refractivity contribution in [2.24, 2.45) is 0 Å². The summed E-state index contributed by atoms with van der Waals surface area (Å²) in [6, 6.07) is 7.83. The van der Waals surface area contributed by atoms with Crippen molar-refractivity contribution >= 4 is 20.8 Å². The summed E-state index contributed by atoms with van der Waals surface area (Å²) in [6.07, 6.45) is 3.57. The van der Waals surface area contributed by atoms with Crippen LogP contribution in [0, 0.1) is 11.3 Å². The molecule has 5 nitrogen and oxygen atoms in total. The largest absolute Gasteiger partial charge is 0.264 e. The average molecular weight is 275 g/mol. The molecule has 0 aliphatic heterocycles. The quantitative estimate of drug-likeness (QED) is 0.922. The molecule has 2 aromatic rings. The molecule has 0 aliphatic carbocycles. The average Bonchev–Trinajstić information content (AvgIpc) is 2.44. The number of benzene rings is 1. The summed E-state index contributed by atoms with van der Waals surface area (Å²) in [5, 5.41) is 10.2. The lowest BCUT2D eigenvalue weighted by molar-refractivity contribution is 0.570. The lowest BCUT2D eigenvalue weighted by atomic mass is 10.2. The normalized spacial score (nSPS) is 13.1. The second kappa shape index (κ2) is 5.34. The minimum absolute atomic E-state index is 0.168. The van der Waals surface area contributed by atoms with Crippen molar-refractivity contribution in [3.63, 3.8) is 0 Å². The Morgan fingerprint density at radius 3 is 2.89 bits per heavy atom. The van der Waals surface area contributed by atoms with Gasteiger partial charge in [0.1, 0.15) is 6.04 Å². The van der Waals surface area contributed by atoms with Crippen molar-refractivity contribution in [2.45, 2.75) is 24.3 Å². The molecule has 1 aromatic heterocycles. The van der Waals surface area contributed by atoms with Crippen LogP contribution in [-0.4, -0.2) is 19.4 Å². The lowest BCUT2D eigenvalue weighted by Crippen LogP contribution is -2.33. The lowest BCUT2D eigenvalue weighted by Gasteiger charge is -2.11. The number of nitrogens with zero attached hydrogens (tertiary/aromatic N) is 2. The Bertz CT molecular complexity index is 730. The van der Waals surface area contributed by atoms with Crippen LogP contribution in [0.3, 0.4) is 0 Å². The molecule has 1 N–H and O–H groups in total. The van der Waals surface area contributed by atoms with Gasteiger partial charge in [-0.2, -0.15) is 9.98 Å². The molecule has 0 spiro atoms. The molecule has 19 heavy (non-hydrogen) atoms. The highest BCUT2D eigenvalue weighted by atomic mass is 32.2. The van der Waals surface area contributed by atoms with E-state index in [4.69, 9.17) is 5.26 Å². The van der Waals surface area contributed by atoms with Crippen LogP contribution in [0.5, 0.6) is 0 Å². The first-order valence-electron chi connectivity index (χ1n) is 5.83. The number of aromatic nitrogens is 1. The molecule has 0 bridgehead atoms. The van der Waals surface area contributed by atoms with E-state index in [-0.39, 0.29) is 4.90 Å². The first kappa shape index (κ1) is 13.5. The van der Waals surface area contributed by atoms with Crippen LogP contribution in [0.15, 0.2) is 41.6 Å². The zero-order chi connectivity index (χ0) is 13.9. The van der Waals surface area contributed by atoms with Crippen molar-refractivity contribution < 1.29 is 8.42 Å². The van der Waals surface area contributed by atoms with E-state index in [0.29, 0.717) is 11.8 Å². The van der Waals surface area contributed by atoms with Gasteiger partial charge in [-0.1, -0.05) is 19.1 Å². The Kier molecular flexibility index (Phi) is 3.79. The summed E-state index contributed by atoms with van der Waals surface area (Å²) < 4.78 is 27.0. The third-order valence-corrected chi connectivity index (χ3v) is 4.32. The Morgan fingerprint density at radius 2 is 2.21 bits per heavy atom. The predicted octanol–water partition coefficient (Wildman–Crippen LogP) is 1.82. The van der Waals surface area contributed by atoms with Crippen LogP contribution >= 0.6 is 0 Å². The van der Waals surface area contributed by atoms with Gasteiger partial charge in [-0.25, -0.2) is 8.42 Å². The fourth-order valence-corrected chi connectivity index (χ4v) is 3.23. The maximum Gasteiger partial charge on any atom is 0.242 e. The molecular formula is C13H13N3O2S. The van der Waals surface area contributed by atoms with Crippen molar-refractivity contribution in [1.29, 1.82) is 5.26 Å². The van der Waals surface area contributed by atoms with Gasteiger partial charge >= 0.3 is 0 Å². The van der Waals surface area contributed by atoms with E-state index in [1.165, 1.54) is 6.07 Å². The Hall–Kier alpha value is -1.97. The number of hydrogen-bond donors (Lipinski definition) is 1. The molecule has 0 saturated heterocycles. The van der Waals surface area contributed by atoms with Gasteiger partial charge in [0, 0.05) is 23.2 Å². The van der Waals surface area contributed by atoms with E-state index in [0.717, 1.165) is 5.39 Å². The Labute approximate surface area is 111 Å². The van der Waals surface area contributed by atoms with Gasteiger partial charge < -0.3 is 0 Å². The number of pyridine rings is 1. The molecule has 0 aliphatic rings. The van der Waals surface area contributed by atoms with Crippen LogP contribution < -0.4 is 4.72 Å². The topological polar surface area (TPSA) is 82.9 Å². The van der Waals surface area contributed by atoms with Gasteiger partial charge in [0.2, 0.25) is 10.0 Å². The van der Waals surface area contributed by atoms with Gasteiger partial charge in [-0.05, 0) is 18.6 Å². The van der Waals surface area contributed by atoms with Gasteiger partial charge in [0.25, 0.3) is 0 Å². The molecule has 1 aromatic carbocycles. The minimum Gasteiger partial charge on any atom is -0.264 e. The van der Waals surface area contributed by atoms with Gasteiger partial charge in [0.05, 0.1) is 11.0 Å². The SMILES string of the molecule is CCC(C#N)NS(=O)(=O)c1cccc2cnccc12. The predicted molar refractivity (Wildman–Crippen MR) is 71.8 cm³/mol. The van der Waals surface area contributed by atoms with Crippen LogP contribution in [0.2, 0.25) is 0 Å². The highest BCUT2D eigenvalue weighted by Gasteiger charge is 2.20. The van der Waals surface area contributed by atoms with Crippen molar-refractivity contribution in [3.05, 3.63) is 36.7 Å². The second-order valence-corrected chi connectivity index (χ2v) is 5.75. The van der Waals surface area contributed by atoms with Crippen molar-refractivity contribution in [1.82, 2.24) is 9.71 Å². The Morgan fingerprint density at radius 1 is 1.42 bits per heavy atom. The van der Waals surface area contributed by atoms with Crippen LogP contribution in [0.1, 0.15) is 13.3 Å². The first-order valence-corrected chi connectivity index (χ1v) is 7.31. The molecule has 1 unspecified atom stereocenters. The van der Waals surface area contributed by atoms with Gasteiger partial charge in [0.15, 0.2) is 0 Å². The standard InChI is InChI=1S/C13H13N3O2S/c1-2-11(8-14)16-19(17,18)13-5-3-4-10-9-15-7-6-12(10)13/h3-7,9,11,16H,2H2,1H3. The summed E-state index contributed by atoms with van der Waals surface area (Å²) in [5.41, 5.74) is 0. The van der Waals surface area contributed by atoms with Crippen molar-refractivity contribution in [3.8, 4) is 6.07 Å². The van der Waals surface area contributed by atoms with Crippen LogP contribution in [-0.2, 0) is 10.0 Å². The van der Waals surface area contributed by atoms with Crippen LogP contribution in [0.25, 0.3) is 10.8 Å². The molecular weight excluding hydrogens is 262 g/mol. The van der Waals surface area contributed by atoms with E-state index in [2.05, 4.69) is 9.71 Å². The highest BCUT2D eigenvalue weighted by molar-refractivity contribution is 7.89. The maximum atomic E-state index is 12.3. The van der Waals surface area contributed by atoms with E-state index in [9.17, 15) is 8.42 Å².